The SMILES string of the molecule is CC(C)C(CC(C)(C)Cc1ccccc1)C(=O)O. The van der Waals surface area contributed by atoms with Crippen molar-refractivity contribution in [2.75, 3.05) is 0 Å². The molecule has 0 fully saturated rings. The van der Waals surface area contributed by atoms with E-state index in [1.165, 1.54) is 5.56 Å². The molecular formula is C16H24O2. The molecule has 2 heteroatoms. The molecule has 1 unspecified atom stereocenters. The van der Waals surface area contributed by atoms with Gasteiger partial charge in [0.2, 0.25) is 0 Å². The number of carboxylic acids is 1. The number of benzene rings is 1. The molecule has 1 N–H and O–H groups in total. The van der Waals surface area contributed by atoms with Crippen molar-refractivity contribution in [1.29, 1.82) is 0 Å². The smallest absolute Gasteiger partial charge is 0.306 e. The topological polar surface area (TPSA) is 37.3 Å². The van der Waals surface area contributed by atoms with Gasteiger partial charge in [0.05, 0.1) is 5.92 Å². The van der Waals surface area contributed by atoms with Gasteiger partial charge in [0.15, 0.2) is 0 Å². The molecule has 0 spiro atoms. The van der Waals surface area contributed by atoms with Crippen molar-refractivity contribution < 1.29 is 9.90 Å². The van der Waals surface area contributed by atoms with Crippen LogP contribution in [0.5, 0.6) is 0 Å². The molecule has 0 aromatic heterocycles. The van der Waals surface area contributed by atoms with Gasteiger partial charge in [-0.1, -0.05) is 58.0 Å². The van der Waals surface area contributed by atoms with Gasteiger partial charge in [0, 0.05) is 0 Å². The Bertz CT molecular complexity index is 379. The highest BCUT2D eigenvalue weighted by Crippen LogP contribution is 2.32. The second kappa shape index (κ2) is 6.03. The maximum absolute atomic E-state index is 11.3. The average molecular weight is 248 g/mol. The molecule has 1 aromatic rings. The molecule has 0 radical (unpaired) electrons. The van der Waals surface area contributed by atoms with Crippen LogP contribution in [-0.2, 0) is 11.2 Å². The number of rotatable bonds is 6. The summed E-state index contributed by atoms with van der Waals surface area (Å²) in [5.41, 5.74) is 1.28. The zero-order chi connectivity index (χ0) is 13.8. The van der Waals surface area contributed by atoms with Crippen molar-refractivity contribution in [3.63, 3.8) is 0 Å². The highest BCUT2D eigenvalue weighted by atomic mass is 16.4. The summed E-state index contributed by atoms with van der Waals surface area (Å²) in [6.07, 6.45) is 1.64. The van der Waals surface area contributed by atoms with Gasteiger partial charge in [-0.15, -0.1) is 0 Å². The second-order valence-corrected chi connectivity index (χ2v) is 6.22. The summed E-state index contributed by atoms with van der Waals surface area (Å²) < 4.78 is 0. The van der Waals surface area contributed by atoms with Crippen LogP contribution in [0.15, 0.2) is 30.3 Å². The molecule has 0 saturated carbocycles. The summed E-state index contributed by atoms with van der Waals surface area (Å²) in [5.74, 6) is -0.757. The van der Waals surface area contributed by atoms with Gasteiger partial charge in [-0.05, 0) is 29.7 Å². The molecule has 0 amide bonds. The number of aliphatic carboxylic acids is 1. The second-order valence-electron chi connectivity index (χ2n) is 6.22. The Morgan fingerprint density at radius 3 is 2.22 bits per heavy atom. The minimum absolute atomic E-state index is 0.00861. The van der Waals surface area contributed by atoms with Crippen LogP contribution < -0.4 is 0 Å². The van der Waals surface area contributed by atoms with E-state index in [0.717, 1.165) is 12.8 Å². The van der Waals surface area contributed by atoms with E-state index in [1.54, 1.807) is 0 Å². The lowest BCUT2D eigenvalue weighted by atomic mass is 9.75. The predicted octanol–water partition coefficient (Wildman–Crippen LogP) is 4.00. The maximum atomic E-state index is 11.3. The molecule has 0 aliphatic heterocycles. The molecular weight excluding hydrogens is 224 g/mol. The Balaban J connectivity index is 2.71. The number of hydrogen-bond donors (Lipinski definition) is 1. The Kier molecular flexibility index (Phi) is 4.94. The third-order valence-electron chi connectivity index (χ3n) is 3.42. The molecule has 1 rings (SSSR count). The first-order valence-electron chi connectivity index (χ1n) is 6.58. The third kappa shape index (κ3) is 4.52. The van der Waals surface area contributed by atoms with Gasteiger partial charge >= 0.3 is 5.97 Å². The number of carboxylic acid groups (broad SMARTS) is 1. The van der Waals surface area contributed by atoms with Crippen molar-refractivity contribution in [2.45, 2.75) is 40.5 Å². The van der Waals surface area contributed by atoms with Crippen LogP contribution in [0.25, 0.3) is 0 Å². The van der Waals surface area contributed by atoms with Gasteiger partial charge < -0.3 is 5.11 Å². The molecule has 0 bridgehead atoms. The Labute approximate surface area is 110 Å². The van der Waals surface area contributed by atoms with Gasteiger partial charge in [0.25, 0.3) is 0 Å². The fourth-order valence-corrected chi connectivity index (χ4v) is 2.42. The summed E-state index contributed by atoms with van der Waals surface area (Å²) in [4.78, 5) is 11.3. The van der Waals surface area contributed by atoms with Gasteiger partial charge in [-0.2, -0.15) is 0 Å². The molecule has 100 valence electrons. The van der Waals surface area contributed by atoms with E-state index < -0.39 is 5.97 Å². The van der Waals surface area contributed by atoms with Gasteiger partial charge in [-0.3, -0.25) is 4.79 Å². The van der Waals surface area contributed by atoms with Crippen LogP contribution in [0.1, 0.15) is 39.7 Å². The van der Waals surface area contributed by atoms with Gasteiger partial charge in [0.1, 0.15) is 0 Å². The Morgan fingerprint density at radius 1 is 1.22 bits per heavy atom. The van der Waals surface area contributed by atoms with E-state index in [2.05, 4.69) is 26.0 Å². The van der Waals surface area contributed by atoms with Crippen molar-refractivity contribution >= 4 is 5.97 Å². The Hall–Kier alpha value is -1.31. The first kappa shape index (κ1) is 14.7. The van der Waals surface area contributed by atoms with E-state index in [1.807, 2.05) is 32.0 Å². The van der Waals surface area contributed by atoms with Crippen molar-refractivity contribution in [3.8, 4) is 0 Å². The molecule has 1 aromatic carbocycles. The van der Waals surface area contributed by atoms with E-state index in [-0.39, 0.29) is 17.3 Å². The molecule has 0 heterocycles. The van der Waals surface area contributed by atoms with Crippen LogP contribution in [0.2, 0.25) is 0 Å². The minimum atomic E-state index is -0.675. The van der Waals surface area contributed by atoms with E-state index in [4.69, 9.17) is 0 Å². The fraction of sp³-hybridized carbons (Fsp3) is 0.562. The summed E-state index contributed by atoms with van der Waals surface area (Å²) in [7, 11) is 0. The summed E-state index contributed by atoms with van der Waals surface area (Å²) in [5, 5.41) is 9.27. The number of hydrogen-bond acceptors (Lipinski definition) is 1. The largest absolute Gasteiger partial charge is 0.481 e. The summed E-state index contributed by atoms with van der Waals surface area (Å²) in [6.45, 7) is 8.27. The third-order valence-corrected chi connectivity index (χ3v) is 3.42. The van der Waals surface area contributed by atoms with Crippen molar-refractivity contribution in [1.82, 2.24) is 0 Å². The zero-order valence-electron chi connectivity index (χ0n) is 11.8. The van der Waals surface area contributed by atoms with Crippen LogP contribution in [0, 0.1) is 17.3 Å². The highest BCUT2D eigenvalue weighted by Gasteiger charge is 2.30. The molecule has 0 saturated heterocycles. The quantitative estimate of drug-likeness (QED) is 0.826. The lowest BCUT2D eigenvalue weighted by Gasteiger charge is -2.29. The molecule has 18 heavy (non-hydrogen) atoms. The van der Waals surface area contributed by atoms with Crippen molar-refractivity contribution in [2.24, 2.45) is 17.3 Å². The fourth-order valence-electron chi connectivity index (χ4n) is 2.42. The lowest BCUT2D eigenvalue weighted by Crippen LogP contribution is -2.28. The van der Waals surface area contributed by atoms with Crippen LogP contribution in [0.4, 0.5) is 0 Å². The molecule has 2 nitrogen and oxygen atoms in total. The summed E-state index contributed by atoms with van der Waals surface area (Å²) >= 11 is 0. The zero-order valence-corrected chi connectivity index (χ0v) is 11.8. The standard InChI is InChI=1S/C16H24O2/c1-12(2)14(15(17)18)11-16(3,4)10-13-8-6-5-7-9-13/h5-9,12,14H,10-11H2,1-4H3,(H,17,18). The average Bonchev–Trinajstić information content (AvgIpc) is 2.26. The summed E-state index contributed by atoms with van der Waals surface area (Å²) in [6, 6.07) is 10.3. The van der Waals surface area contributed by atoms with Crippen molar-refractivity contribution in [3.05, 3.63) is 35.9 Å². The first-order chi connectivity index (χ1) is 8.32. The minimum Gasteiger partial charge on any atom is -0.481 e. The normalized spacial score (nSPS) is 13.6. The van der Waals surface area contributed by atoms with Crippen LogP contribution in [-0.4, -0.2) is 11.1 Å². The van der Waals surface area contributed by atoms with E-state index in [9.17, 15) is 9.90 Å². The predicted molar refractivity (Wildman–Crippen MR) is 74.5 cm³/mol. The lowest BCUT2D eigenvalue weighted by molar-refractivity contribution is -0.144. The van der Waals surface area contributed by atoms with E-state index >= 15 is 0 Å². The Morgan fingerprint density at radius 2 is 1.78 bits per heavy atom. The first-order valence-corrected chi connectivity index (χ1v) is 6.58. The number of carbonyl (C=O) groups is 1. The molecule has 1 atom stereocenters. The molecule has 0 aliphatic carbocycles. The van der Waals surface area contributed by atoms with E-state index in [0.29, 0.717) is 0 Å². The maximum Gasteiger partial charge on any atom is 0.306 e. The van der Waals surface area contributed by atoms with Crippen LogP contribution >= 0.6 is 0 Å². The van der Waals surface area contributed by atoms with Crippen LogP contribution in [0.3, 0.4) is 0 Å². The molecule has 0 aliphatic rings. The highest BCUT2D eigenvalue weighted by molar-refractivity contribution is 5.70. The monoisotopic (exact) mass is 248 g/mol. The van der Waals surface area contributed by atoms with Gasteiger partial charge in [-0.25, -0.2) is 0 Å².